The Balaban J connectivity index is 2.25. The molecule has 146 valence electrons. The summed E-state index contributed by atoms with van der Waals surface area (Å²) in [6.45, 7) is 0.196. The molecule has 2 aromatic carbocycles. The van der Waals surface area contributed by atoms with Crippen LogP contribution in [0.1, 0.15) is 11.1 Å². The summed E-state index contributed by atoms with van der Waals surface area (Å²) >= 11 is 12.4. The molecule has 1 amide bonds. The number of rotatable bonds is 8. The number of hydrogen-bond acceptors (Lipinski definition) is 5. The number of halogens is 2. The van der Waals surface area contributed by atoms with Crippen LogP contribution >= 0.6 is 23.2 Å². The largest absolute Gasteiger partial charge is 0.489 e. The maximum absolute atomic E-state index is 12.1. The molecule has 2 aromatic rings. The summed E-state index contributed by atoms with van der Waals surface area (Å²) in [5.74, 6) is 2.70. The average Bonchev–Trinajstić information content (AvgIpc) is 2.69. The van der Waals surface area contributed by atoms with Crippen LogP contribution in [-0.4, -0.2) is 32.4 Å². The van der Waals surface area contributed by atoms with Gasteiger partial charge < -0.3 is 19.6 Å². The number of carbonyl (C=O) groups is 1. The zero-order valence-corrected chi connectivity index (χ0v) is 16.8. The Morgan fingerprint density at radius 1 is 1.21 bits per heavy atom. The van der Waals surface area contributed by atoms with Gasteiger partial charge in [0.15, 0.2) is 11.5 Å². The van der Waals surface area contributed by atoms with Gasteiger partial charge in [-0.05, 0) is 5.56 Å². The maximum Gasteiger partial charge on any atom is 0.273 e. The first-order chi connectivity index (χ1) is 13.5. The first-order valence-corrected chi connectivity index (χ1v) is 8.87. The molecule has 0 spiro atoms. The van der Waals surface area contributed by atoms with Gasteiger partial charge in [-0.25, -0.2) is 0 Å². The van der Waals surface area contributed by atoms with E-state index in [0.717, 1.165) is 5.56 Å². The van der Waals surface area contributed by atoms with Crippen LogP contribution in [0, 0.1) is 12.3 Å². The van der Waals surface area contributed by atoms with E-state index < -0.39 is 0 Å². The molecule has 0 bridgehead atoms. The molecule has 0 radical (unpaired) electrons. The van der Waals surface area contributed by atoms with Crippen LogP contribution in [0.25, 0.3) is 0 Å². The highest BCUT2D eigenvalue weighted by Crippen LogP contribution is 2.37. The highest BCUT2D eigenvalue weighted by Gasteiger charge is 2.18. The van der Waals surface area contributed by atoms with Gasteiger partial charge in [-0.15, -0.1) is 6.42 Å². The Morgan fingerprint density at radius 2 is 1.89 bits per heavy atom. The molecule has 0 aliphatic heterocycles. The molecule has 0 atom stereocenters. The van der Waals surface area contributed by atoms with Gasteiger partial charge in [-0.3, -0.25) is 4.79 Å². The van der Waals surface area contributed by atoms with Crippen molar-refractivity contribution in [1.82, 2.24) is 5.32 Å². The molecule has 0 fully saturated rings. The summed E-state index contributed by atoms with van der Waals surface area (Å²) in [5.41, 5.74) is 1.44. The number of hydrogen-bond donors (Lipinski definition) is 1. The summed E-state index contributed by atoms with van der Waals surface area (Å²) in [6.07, 6.45) is 5.18. The molecule has 0 unspecified atom stereocenters. The summed E-state index contributed by atoms with van der Waals surface area (Å²) in [4.78, 5) is 16.9. The number of nitrogens with zero attached hydrogens (tertiary/aromatic N) is 1. The summed E-state index contributed by atoms with van der Waals surface area (Å²) in [7, 11) is 2.89. The van der Waals surface area contributed by atoms with Gasteiger partial charge in [0.2, 0.25) is 0 Å². The van der Waals surface area contributed by atoms with Crippen molar-refractivity contribution in [1.29, 1.82) is 0 Å². The normalized spacial score (nSPS) is 10.8. The monoisotopic (exact) mass is 420 g/mol. The topological polar surface area (TPSA) is 69.1 Å². The van der Waals surface area contributed by atoms with Crippen molar-refractivity contribution in [3.05, 3.63) is 57.6 Å². The predicted molar refractivity (Wildman–Crippen MR) is 109 cm³/mol. The summed E-state index contributed by atoms with van der Waals surface area (Å²) in [5, 5.41) is 6.91. The standard InChI is InChI=1S/C20H18Cl2N2O4/c1-4-9-27-19-16(21)10-14(11-17(19)22)28-12-13-7-5-6-8-15(13)18(24-26-3)20(25)23-2/h1,5-8,10-11H,9,12H2,2-3H3,(H,23,25)/b24-18+. The molecular weight excluding hydrogens is 403 g/mol. The highest BCUT2D eigenvalue weighted by molar-refractivity contribution is 6.45. The van der Waals surface area contributed by atoms with Gasteiger partial charge in [0.25, 0.3) is 5.91 Å². The second-order valence-electron chi connectivity index (χ2n) is 5.36. The fraction of sp³-hybridized carbons (Fsp3) is 0.200. The van der Waals surface area contributed by atoms with Crippen LogP contribution < -0.4 is 14.8 Å². The second kappa shape index (κ2) is 10.5. The van der Waals surface area contributed by atoms with Crippen LogP contribution in [0.15, 0.2) is 41.6 Å². The van der Waals surface area contributed by atoms with E-state index in [-0.39, 0.29) is 34.9 Å². The van der Waals surface area contributed by atoms with E-state index in [9.17, 15) is 4.79 Å². The number of terminal acetylenes is 1. The zero-order chi connectivity index (χ0) is 20.5. The molecule has 0 saturated heterocycles. The maximum atomic E-state index is 12.1. The molecule has 28 heavy (non-hydrogen) atoms. The molecule has 8 heteroatoms. The Bertz CT molecular complexity index is 900. The van der Waals surface area contributed by atoms with Crippen LogP contribution in [0.5, 0.6) is 11.5 Å². The van der Waals surface area contributed by atoms with Crippen molar-refractivity contribution in [3.63, 3.8) is 0 Å². The van der Waals surface area contributed by atoms with Gasteiger partial charge in [-0.1, -0.05) is 58.5 Å². The SMILES string of the molecule is C#CCOc1c(Cl)cc(OCc2ccccc2/C(=N\OC)C(=O)NC)cc1Cl. The van der Waals surface area contributed by atoms with Crippen LogP contribution in [0.2, 0.25) is 10.0 Å². The van der Waals surface area contributed by atoms with Crippen molar-refractivity contribution in [2.75, 3.05) is 20.8 Å². The number of likely N-dealkylation sites (N-methyl/N-ethyl adjacent to an activating group) is 1. The van der Waals surface area contributed by atoms with Crippen molar-refractivity contribution >= 4 is 34.8 Å². The highest BCUT2D eigenvalue weighted by atomic mass is 35.5. The minimum atomic E-state index is -0.379. The zero-order valence-electron chi connectivity index (χ0n) is 15.3. The number of amides is 1. The van der Waals surface area contributed by atoms with Gasteiger partial charge in [0.05, 0.1) is 10.0 Å². The average molecular weight is 421 g/mol. The van der Waals surface area contributed by atoms with E-state index in [2.05, 4.69) is 16.4 Å². The fourth-order valence-corrected chi connectivity index (χ4v) is 2.91. The molecule has 0 saturated carbocycles. The van der Waals surface area contributed by atoms with E-state index in [4.69, 9.17) is 43.9 Å². The van der Waals surface area contributed by atoms with E-state index in [1.54, 1.807) is 24.3 Å². The van der Waals surface area contributed by atoms with Crippen LogP contribution in [0.3, 0.4) is 0 Å². The quantitative estimate of drug-likeness (QED) is 0.401. The van der Waals surface area contributed by atoms with Crippen molar-refractivity contribution in [2.45, 2.75) is 6.61 Å². The number of oxime groups is 1. The van der Waals surface area contributed by atoms with E-state index in [1.165, 1.54) is 14.2 Å². The third kappa shape index (κ3) is 5.32. The Kier molecular flexibility index (Phi) is 8.00. The lowest BCUT2D eigenvalue weighted by atomic mass is 10.0. The molecule has 2 rings (SSSR count). The van der Waals surface area contributed by atoms with Crippen molar-refractivity contribution < 1.29 is 19.1 Å². The second-order valence-corrected chi connectivity index (χ2v) is 6.17. The predicted octanol–water partition coefficient (Wildman–Crippen LogP) is 3.68. The van der Waals surface area contributed by atoms with Crippen molar-refractivity contribution in [2.24, 2.45) is 5.16 Å². The number of benzene rings is 2. The minimum absolute atomic E-state index is 0.0497. The Morgan fingerprint density at radius 3 is 2.50 bits per heavy atom. The number of carbonyl (C=O) groups excluding carboxylic acids is 1. The molecule has 1 N–H and O–H groups in total. The molecule has 0 aliphatic rings. The lowest BCUT2D eigenvalue weighted by Crippen LogP contribution is -2.29. The Hall–Kier alpha value is -2.88. The fourth-order valence-electron chi connectivity index (χ4n) is 2.33. The smallest absolute Gasteiger partial charge is 0.273 e. The van der Waals surface area contributed by atoms with Gasteiger partial charge in [-0.2, -0.15) is 0 Å². The number of ether oxygens (including phenoxy) is 2. The van der Waals surface area contributed by atoms with E-state index in [0.29, 0.717) is 17.1 Å². The third-order valence-corrected chi connectivity index (χ3v) is 4.12. The van der Waals surface area contributed by atoms with E-state index in [1.807, 2.05) is 12.1 Å². The molecule has 0 aliphatic carbocycles. The molecule has 0 aromatic heterocycles. The third-order valence-electron chi connectivity index (χ3n) is 3.56. The molecule has 0 heterocycles. The van der Waals surface area contributed by atoms with Crippen LogP contribution in [0.4, 0.5) is 0 Å². The molecule has 6 nitrogen and oxygen atoms in total. The van der Waals surface area contributed by atoms with Gasteiger partial charge >= 0.3 is 0 Å². The lowest BCUT2D eigenvalue weighted by molar-refractivity contribution is -0.114. The minimum Gasteiger partial charge on any atom is -0.489 e. The molecular formula is C20H18Cl2N2O4. The summed E-state index contributed by atoms with van der Waals surface area (Å²) in [6, 6.07) is 10.3. The first-order valence-electron chi connectivity index (χ1n) is 8.11. The van der Waals surface area contributed by atoms with Crippen LogP contribution in [-0.2, 0) is 16.2 Å². The number of nitrogens with one attached hydrogen (secondary N) is 1. The Labute approximate surface area is 173 Å². The lowest BCUT2D eigenvalue weighted by Gasteiger charge is -2.14. The summed E-state index contributed by atoms with van der Waals surface area (Å²) < 4.78 is 11.1. The van der Waals surface area contributed by atoms with E-state index >= 15 is 0 Å². The van der Waals surface area contributed by atoms with Gasteiger partial charge in [0, 0.05) is 24.7 Å². The first kappa shape index (κ1) is 21.4. The van der Waals surface area contributed by atoms with Gasteiger partial charge in [0.1, 0.15) is 26.1 Å². The van der Waals surface area contributed by atoms with Crippen molar-refractivity contribution in [3.8, 4) is 23.8 Å².